The second-order valence-corrected chi connectivity index (χ2v) is 10.8. The normalized spacial score (nSPS) is 12.2. The van der Waals surface area contributed by atoms with Crippen LogP contribution < -0.4 is 5.56 Å². The number of aryl methyl sites for hydroxylation is 1. The van der Waals surface area contributed by atoms with Gasteiger partial charge >= 0.3 is 0 Å². The van der Waals surface area contributed by atoms with Gasteiger partial charge in [0, 0.05) is 17.9 Å². The smallest absolute Gasteiger partial charge is 0.296 e. The maximum absolute atomic E-state index is 13.7. The molecule has 0 spiro atoms. The SMILES string of the molecule is CCOCc1nc(=O)c(S(=O)(=O)c2ccc(-c3ccc(F)nc3C)cc2)c(O)n1C(CC)c1cccc(C#N)c1. The second-order valence-electron chi connectivity index (χ2n) is 8.95. The Morgan fingerprint density at radius 2 is 1.82 bits per heavy atom. The van der Waals surface area contributed by atoms with Gasteiger partial charge in [-0.05, 0) is 67.8 Å². The monoisotopic (exact) mass is 562 g/mol. The highest BCUT2D eigenvalue weighted by atomic mass is 32.2. The van der Waals surface area contributed by atoms with E-state index in [0.29, 0.717) is 41.0 Å². The zero-order chi connectivity index (χ0) is 29.0. The maximum atomic E-state index is 13.7. The highest BCUT2D eigenvalue weighted by molar-refractivity contribution is 7.91. The predicted molar refractivity (Wildman–Crippen MR) is 145 cm³/mol. The number of hydrogen-bond acceptors (Lipinski definition) is 8. The first-order valence-corrected chi connectivity index (χ1v) is 14.0. The summed E-state index contributed by atoms with van der Waals surface area (Å²) in [4.78, 5) is 19.8. The Kier molecular flexibility index (Phi) is 8.42. The van der Waals surface area contributed by atoms with Crippen LogP contribution in [0.5, 0.6) is 5.88 Å². The van der Waals surface area contributed by atoms with Gasteiger partial charge in [-0.25, -0.2) is 13.4 Å². The molecule has 40 heavy (non-hydrogen) atoms. The predicted octanol–water partition coefficient (Wildman–Crippen LogP) is 4.70. The van der Waals surface area contributed by atoms with Gasteiger partial charge in [0.15, 0.2) is 4.90 Å². The average molecular weight is 563 g/mol. The van der Waals surface area contributed by atoms with Crippen LogP contribution >= 0.6 is 0 Å². The fourth-order valence-corrected chi connectivity index (χ4v) is 5.90. The molecule has 0 aliphatic rings. The summed E-state index contributed by atoms with van der Waals surface area (Å²) in [5.74, 6) is -1.35. The molecule has 0 radical (unpaired) electrons. The molecule has 4 rings (SSSR count). The minimum absolute atomic E-state index is 0.0483. The van der Waals surface area contributed by atoms with E-state index >= 15 is 0 Å². The van der Waals surface area contributed by atoms with E-state index in [1.165, 1.54) is 34.9 Å². The van der Waals surface area contributed by atoms with Crippen molar-refractivity contribution in [2.75, 3.05) is 6.61 Å². The average Bonchev–Trinajstić information content (AvgIpc) is 2.93. The summed E-state index contributed by atoms with van der Waals surface area (Å²) in [6, 6.07) is 16.5. The molecule has 1 atom stereocenters. The van der Waals surface area contributed by atoms with Crippen LogP contribution in [0.25, 0.3) is 11.1 Å². The van der Waals surface area contributed by atoms with Gasteiger partial charge < -0.3 is 9.84 Å². The molecule has 2 aromatic carbocycles. The molecule has 0 saturated carbocycles. The van der Waals surface area contributed by atoms with Crippen molar-refractivity contribution in [3.63, 3.8) is 0 Å². The summed E-state index contributed by atoms with van der Waals surface area (Å²) in [6.45, 7) is 5.36. The van der Waals surface area contributed by atoms with Crippen LogP contribution in [0.4, 0.5) is 4.39 Å². The molecule has 0 bridgehead atoms. The quantitative estimate of drug-likeness (QED) is 0.290. The number of pyridine rings is 1. The molecular weight excluding hydrogens is 535 g/mol. The molecule has 0 aliphatic carbocycles. The van der Waals surface area contributed by atoms with E-state index in [9.17, 15) is 28.0 Å². The summed E-state index contributed by atoms with van der Waals surface area (Å²) in [7, 11) is -4.53. The van der Waals surface area contributed by atoms with Crippen molar-refractivity contribution < 1.29 is 22.7 Å². The highest BCUT2D eigenvalue weighted by Gasteiger charge is 2.32. The molecule has 2 heterocycles. The number of rotatable bonds is 9. The zero-order valence-corrected chi connectivity index (χ0v) is 22.9. The lowest BCUT2D eigenvalue weighted by atomic mass is 10.0. The molecule has 4 aromatic rings. The molecule has 206 valence electrons. The summed E-state index contributed by atoms with van der Waals surface area (Å²) in [5.41, 5.74) is 1.52. The van der Waals surface area contributed by atoms with Gasteiger partial charge in [0.05, 0.1) is 22.6 Å². The number of nitrogens with zero attached hydrogens (tertiary/aromatic N) is 4. The van der Waals surface area contributed by atoms with Crippen molar-refractivity contribution >= 4 is 9.84 Å². The van der Waals surface area contributed by atoms with Crippen molar-refractivity contribution in [3.05, 3.63) is 99.6 Å². The largest absolute Gasteiger partial charge is 0.493 e. The zero-order valence-electron chi connectivity index (χ0n) is 22.1. The minimum Gasteiger partial charge on any atom is -0.493 e. The fourth-order valence-electron chi connectivity index (χ4n) is 4.56. The lowest BCUT2D eigenvalue weighted by molar-refractivity contribution is 0.121. The van der Waals surface area contributed by atoms with E-state index < -0.39 is 38.2 Å². The fraction of sp³-hybridized carbons (Fsp3) is 0.241. The van der Waals surface area contributed by atoms with Crippen LogP contribution in [0, 0.1) is 24.2 Å². The van der Waals surface area contributed by atoms with E-state index in [-0.39, 0.29) is 17.3 Å². The molecule has 1 unspecified atom stereocenters. The molecule has 2 aromatic heterocycles. The molecule has 0 fully saturated rings. The van der Waals surface area contributed by atoms with Crippen LogP contribution in [-0.4, -0.2) is 34.7 Å². The third kappa shape index (κ3) is 5.50. The number of halogens is 1. The first-order chi connectivity index (χ1) is 19.1. The lowest BCUT2D eigenvalue weighted by Gasteiger charge is -2.25. The number of nitriles is 1. The van der Waals surface area contributed by atoms with Crippen molar-refractivity contribution in [1.82, 2.24) is 14.5 Å². The summed E-state index contributed by atoms with van der Waals surface area (Å²) in [6.07, 6.45) is 0.380. The Labute approximate surface area is 231 Å². The lowest BCUT2D eigenvalue weighted by Crippen LogP contribution is -2.28. The topological polar surface area (TPSA) is 135 Å². The van der Waals surface area contributed by atoms with Gasteiger partial charge in [0.2, 0.25) is 21.7 Å². The van der Waals surface area contributed by atoms with Crippen LogP contribution in [0.1, 0.15) is 49.0 Å². The van der Waals surface area contributed by atoms with Gasteiger partial charge in [0.25, 0.3) is 5.56 Å². The van der Waals surface area contributed by atoms with E-state index in [1.807, 2.05) is 6.92 Å². The van der Waals surface area contributed by atoms with Gasteiger partial charge in [-0.1, -0.05) is 31.2 Å². The Bertz CT molecular complexity index is 1760. The molecule has 9 nitrogen and oxygen atoms in total. The van der Waals surface area contributed by atoms with Crippen molar-refractivity contribution in [2.24, 2.45) is 0 Å². The van der Waals surface area contributed by atoms with Gasteiger partial charge in [0.1, 0.15) is 12.4 Å². The molecule has 0 aliphatic heterocycles. The Morgan fingerprint density at radius 3 is 2.45 bits per heavy atom. The Morgan fingerprint density at radius 1 is 1.10 bits per heavy atom. The molecule has 1 N–H and O–H groups in total. The molecular formula is C29H27FN4O5S. The van der Waals surface area contributed by atoms with Crippen molar-refractivity contribution in [2.45, 2.75) is 49.6 Å². The minimum atomic E-state index is -4.53. The van der Waals surface area contributed by atoms with Crippen LogP contribution in [-0.2, 0) is 21.2 Å². The Balaban J connectivity index is 1.87. The van der Waals surface area contributed by atoms with Crippen LogP contribution in [0.3, 0.4) is 0 Å². The van der Waals surface area contributed by atoms with Crippen molar-refractivity contribution in [1.29, 1.82) is 5.26 Å². The Hall–Kier alpha value is -4.40. The molecule has 0 amide bonds. The first kappa shape index (κ1) is 28.6. The van der Waals surface area contributed by atoms with Crippen molar-refractivity contribution in [3.8, 4) is 23.1 Å². The molecule has 11 heteroatoms. The van der Waals surface area contributed by atoms with Gasteiger partial charge in [-0.3, -0.25) is 9.36 Å². The van der Waals surface area contributed by atoms with Crippen LogP contribution in [0.15, 0.2) is 75.2 Å². The highest BCUT2D eigenvalue weighted by Crippen LogP contribution is 2.34. The third-order valence-corrected chi connectivity index (χ3v) is 8.25. The van der Waals surface area contributed by atoms with E-state index in [0.717, 1.165) is 0 Å². The summed E-state index contributed by atoms with van der Waals surface area (Å²) in [5, 5.41) is 20.8. The third-order valence-electron chi connectivity index (χ3n) is 6.46. The van der Waals surface area contributed by atoms with Crippen LogP contribution in [0.2, 0.25) is 0 Å². The number of sulfone groups is 1. The number of aromatic hydroxyl groups is 1. The van der Waals surface area contributed by atoms with Gasteiger partial charge in [-0.15, -0.1) is 0 Å². The van der Waals surface area contributed by atoms with E-state index in [2.05, 4.69) is 16.0 Å². The van der Waals surface area contributed by atoms with E-state index in [1.54, 1.807) is 44.2 Å². The van der Waals surface area contributed by atoms with E-state index in [4.69, 9.17) is 4.74 Å². The summed E-state index contributed by atoms with van der Waals surface area (Å²) >= 11 is 0. The number of benzene rings is 2. The molecule has 0 saturated heterocycles. The second kappa shape index (κ2) is 11.8. The first-order valence-electron chi connectivity index (χ1n) is 12.5. The maximum Gasteiger partial charge on any atom is 0.296 e. The standard InChI is InChI=1S/C29H27FN4O5S/c1-4-24(21-8-6-7-19(15-21)16-31)34-26(17-39-5-2)33-28(35)27(29(34)36)40(37,38)22-11-9-20(10-12-22)23-13-14-25(30)32-18(23)3/h6-15,24,36H,4-5,17H2,1-3H3. The number of hydrogen-bond donors (Lipinski definition) is 1. The summed E-state index contributed by atoms with van der Waals surface area (Å²) < 4.78 is 47.6. The van der Waals surface area contributed by atoms with Gasteiger partial charge in [-0.2, -0.15) is 14.6 Å². The number of ether oxygens (including phenoxy) is 1. The number of aromatic nitrogens is 3.